The quantitative estimate of drug-likeness (QED) is 0.333. The van der Waals surface area contributed by atoms with Crippen molar-refractivity contribution in [3.63, 3.8) is 0 Å². The number of aliphatic hydroxyl groups excluding tert-OH is 4. The summed E-state index contributed by atoms with van der Waals surface area (Å²) in [6.45, 7) is -0.591. The first-order valence-electron chi connectivity index (χ1n) is 10.3. The second-order valence-electron chi connectivity index (χ2n) is 7.68. The lowest BCUT2D eigenvalue weighted by molar-refractivity contribution is -0.277. The monoisotopic (exact) mass is 476 g/mol. The molecule has 11 heteroatoms. The Labute approximate surface area is 192 Å². The average Bonchev–Trinajstić information content (AvgIpc) is 2.84. The van der Waals surface area contributed by atoms with Crippen LogP contribution in [0, 0.1) is 0 Å². The summed E-state index contributed by atoms with van der Waals surface area (Å²) < 4.78 is 26.8. The van der Waals surface area contributed by atoms with Crippen molar-refractivity contribution in [3.05, 3.63) is 46.8 Å². The van der Waals surface area contributed by atoms with Gasteiger partial charge in [0.05, 0.1) is 31.8 Å². The van der Waals surface area contributed by atoms with Gasteiger partial charge < -0.3 is 48.9 Å². The molecule has 0 amide bonds. The van der Waals surface area contributed by atoms with Crippen LogP contribution in [0.25, 0.3) is 22.1 Å². The van der Waals surface area contributed by atoms with Crippen molar-refractivity contribution in [2.75, 3.05) is 20.8 Å². The Bertz CT molecular complexity index is 1240. The molecule has 0 aliphatic carbocycles. The molecule has 0 bridgehead atoms. The largest absolute Gasteiger partial charge is 0.504 e. The lowest BCUT2D eigenvalue weighted by Gasteiger charge is -2.39. The smallest absolute Gasteiger partial charge is 0.229 e. The highest BCUT2D eigenvalue weighted by Crippen LogP contribution is 2.40. The Kier molecular flexibility index (Phi) is 6.64. The van der Waals surface area contributed by atoms with Crippen LogP contribution in [0.15, 0.2) is 45.8 Å². The fourth-order valence-electron chi connectivity index (χ4n) is 3.78. The number of hydrogen-bond donors (Lipinski definition) is 5. The highest BCUT2D eigenvalue weighted by atomic mass is 16.7. The molecule has 1 aromatic heterocycles. The minimum atomic E-state index is -1.59. The number of benzene rings is 2. The lowest BCUT2D eigenvalue weighted by Crippen LogP contribution is -2.60. The van der Waals surface area contributed by atoms with Crippen molar-refractivity contribution in [3.8, 4) is 34.1 Å². The van der Waals surface area contributed by atoms with Crippen molar-refractivity contribution in [1.29, 1.82) is 0 Å². The SMILES string of the molecule is COc1cc(-c2coc3cc(OC4OC(CO)C(O)C(O)C4O)ccc3c2=O)cc(O)c1OC. The van der Waals surface area contributed by atoms with Gasteiger partial charge >= 0.3 is 0 Å². The maximum Gasteiger partial charge on any atom is 0.229 e. The summed E-state index contributed by atoms with van der Waals surface area (Å²) in [4.78, 5) is 13.1. The van der Waals surface area contributed by atoms with E-state index in [4.69, 9.17) is 23.4 Å². The third-order valence-electron chi connectivity index (χ3n) is 5.62. The molecule has 2 heterocycles. The van der Waals surface area contributed by atoms with Gasteiger partial charge in [0.25, 0.3) is 0 Å². The van der Waals surface area contributed by atoms with Crippen LogP contribution in [0.3, 0.4) is 0 Å². The summed E-state index contributed by atoms with van der Waals surface area (Å²) in [5.41, 5.74) is 0.312. The molecule has 0 saturated carbocycles. The third-order valence-corrected chi connectivity index (χ3v) is 5.62. The molecule has 11 nitrogen and oxygen atoms in total. The van der Waals surface area contributed by atoms with Gasteiger partial charge in [0.1, 0.15) is 42.0 Å². The summed E-state index contributed by atoms with van der Waals surface area (Å²) in [5, 5.41) is 49.7. The second kappa shape index (κ2) is 9.49. The fourth-order valence-corrected chi connectivity index (χ4v) is 3.78. The van der Waals surface area contributed by atoms with Gasteiger partial charge in [0.15, 0.2) is 16.9 Å². The van der Waals surface area contributed by atoms with E-state index in [-0.39, 0.29) is 45.0 Å². The van der Waals surface area contributed by atoms with Crippen molar-refractivity contribution in [2.45, 2.75) is 30.7 Å². The average molecular weight is 476 g/mol. The zero-order valence-electron chi connectivity index (χ0n) is 18.2. The second-order valence-corrected chi connectivity index (χ2v) is 7.68. The van der Waals surface area contributed by atoms with Gasteiger partial charge in [-0.3, -0.25) is 4.79 Å². The van der Waals surface area contributed by atoms with E-state index < -0.39 is 37.3 Å². The van der Waals surface area contributed by atoms with E-state index in [1.807, 2.05) is 0 Å². The normalized spacial score (nSPS) is 24.7. The van der Waals surface area contributed by atoms with Crippen molar-refractivity contribution in [1.82, 2.24) is 0 Å². The molecule has 4 rings (SSSR count). The van der Waals surface area contributed by atoms with Crippen LogP contribution in [0.4, 0.5) is 0 Å². The summed E-state index contributed by atoms with van der Waals surface area (Å²) in [6.07, 6.45) is -5.96. The molecule has 1 saturated heterocycles. The first-order chi connectivity index (χ1) is 16.3. The van der Waals surface area contributed by atoms with Crippen LogP contribution in [-0.4, -0.2) is 77.1 Å². The Morgan fingerprint density at radius 2 is 1.76 bits per heavy atom. The maximum atomic E-state index is 13.1. The van der Waals surface area contributed by atoms with Crippen molar-refractivity contribution < 1.29 is 48.9 Å². The van der Waals surface area contributed by atoms with E-state index in [0.717, 1.165) is 0 Å². The first-order valence-corrected chi connectivity index (χ1v) is 10.3. The van der Waals surface area contributed by atoms with Gasteiger partial charge in [-0.1, -0.05) is 0 Å². The van der Waals surface area contributed by atoms with Crippen LogP contribution in [0.1, 0.15) is 0 Å². The molecule has 0 spiro atoms. The number of hydrogen-bond acceptors (Lipinski definition) is 11. The number of phenols is 1. The van der Waals surface area contributed by atoms with E-state index in [1.54, 1.807) is 0 Å². The molecule has 3 aromatic rings. The van der Waals surface area contributed by atoms with Crippen molar-refractivity contribution >= 4 is 11.0 Å². The van der Waals surface area contributed by atoms with E-state index in [0.29, 0.717) is 5.56 Å². The summed E-state index contributed by atoms with van der Waals surface area (Å²) in [7, 11) is 2.78. The molecule has 1 fully saturated rings. The highest BCUT2D eigenvalue weighted by Gasteiger charge is 2.44. The molecule has 182 valence electrons. The fraction of sp³-hybridized carbons (Fsp3) is 0.348. The number of fused-ring (bicyclic) bond motifs is 1. The minimum Gasteiger partial charge on any atom is -0.504 e. The Morgan fingerprint density at radius 3 is 2.44 bits per heavy atom. The molecule has 5 unspecified atom stereocenters. The van der Waals surface area contributed by atoms with E-state index >= 15 is 0 Å². The zero-order chi connectivity index (χ0) is 24.6. The van der Waals surface area contributed by atoms with Crippen LogP contribution in [0.2, 0.25) is 0 Å². The number of ether oxygens (including phenoxy) is 4. The molecule has 1 aliphatic heterocycles. The molecular formula is C23H24O11. The predicted molar refractivity (Wildman–Crippen MR) is 117 cm³/mol. The number of methoxy groups -OCH3 is 2. The molecule has 34 heavy (non-hydrogen) atoms. The molecule has 1 aliphatic rings. The zero-order valence-corrected chi connectivity index (χ0v) is 18.2. The Hall–Kier alpha value is -3.35. The highest BCUT2D eigenvalue weighted by molar-refractivity contribution is 5.83. The van der Waals surface area contributed by atoms with Crippen LogP contribution in [-0.2, 0) is 4.74 Å². The lowest BCUT2D eigenvalue weighted by atomic mass is 9.99. The summed E-state index contributed by atoms with van der Waals surface area (Å²) >= 11 is 0. The number of aromatic hydroxyl groups is 1. The van der Waals surface area contributed by atoms with E-state index in [2.05, 4.69) is 0 Å². The Balaban J connectivity index is 1.65. The van der Waals surface area contributed by atoms with E-state index in [9.17, 15) is 30.3 Å². The molecular weight excluding hydrogens is 452 g/mol. The summed E-state index contributed by atoms with van der Waals surface area (Å²) in [6, 6.07) is 7.18. The van der Waals surface area contributed by atoms with Gasteiger partial charge in [-0.05, 0) is 29.8 Å². The van der Waals surface area contributed by atoms with Crippen LogP contribution < -0.4 is 19.6 Å². The Morgan fingerprint density at radius 1 is 1.00 bits per heavy atom. The maximum absolute atomic E-state index is 13.1. The molecule has 2 aromatic carbocycles. The van der Waals surface area contributed by atoms with Gasteiger partial charge in [-0.2, -0.15) is 0 Å². The summed E-state index contributed by atoms with van der Waals surface area (Å²) in [5.74, 6) is 0.308. The predicted octanol–water partition coefficient (Wildman–Crippen LogP) is 0.361. The van der Waals surface area contributed by atoms with E-state index in [1.165, 1.54) is 50.8 Å². The third kappa shape index (κ3) is 4.15. The van der Waals surface area contributed by atoms with Crippen molar-refractivity contribution in [2.24, 2.45) is 0 Å². The standard InChI is InChI=1S/C23H24O11/c1-30-16-6-10(5-14(25)22(16)31-2)13-9-32-15-7-11(3-4-12(15)18(13)26)33-23-21(29)20(28)19(27)17(8-24)34-23/h3-7,9,17,19-21,23-25,27-29H,8H2,1-2H3. The van der Waals surface area contributed by atoms with Gasteiger partial charge in [0.2, 0.25) is 12.0 Å². The van der Waals surface area contributed by atoms with Gasteiger partial charge in [0, 0.05) is 6.07 Å². The number of rotatable bonds is 6. The molecule has 0 radical (unpaired) electrons. The van der Waals surface area contributed by atoms with Gasteiger partial charge in [-0.25, -0.2) is 0 Å². The minimum absolute atomic E-state index is 0.131. The number of phenolic OH excluding ortho intramolecular Hbond substituents is 1. The molecule has 5 atom stereocenters. The van der Waals surface area contributed by atoms with Crippen LogP contribution in [0.5, 0.6) is 23.0 Å². The topological polar surface area (TPSA) is 168 Å². The van der Waals surface area contributed by atoms with Gasteiger partial charge in [-0.15, -0.1) is 0 Å². The number of aliphatic hydroxyl groups is 4. The first kappa shape index (κ1) is 23.8. The van der Waals surface area contributed by atoms with Crippen LogP contribution >= 0.6 is 0 Å². The molecule has 5 N–H and O–H groups in total.